The Balaban J connectivity index is -0.000000785. The van der Waals surface area contributed by atoms with Gasteiger partial charge in [-0.3, -0.25) is 4.99 Å². The molecule has 55 heavy (non-hydrogen) atoms. The molecule has 1 fully saturated rings. The zero-order valence-corrected chi connectivity index (χ0v) is 39.6. The number of aliphatic imine (C=N–C) groups is 1. The summed E-state index contributed by atoms with van der Waals surface area (Å²) in [5, 5.41) is 12.2. The van der Waals surface area contributed by atoms with Crippen molar-refractivity contribution < 1.29 is 14.4 Å². The smallest absolute Gasteiger partial charge is 0.171 e. The van der Waals surface area contributed by atoms with Crippen LogP contribution in [0.3, 0.4) is 0 Å². The molecule has 2 atom stereocenters. The zero-order valence-electron chi connectivity index (χ0n) is 37.9. The summed E-state index contributed by atoms with van der Waals surface area (Å²) >= 11 is 3.61. The number of aliphatic hydroxyl groups excluding tert-OH is 1. The number of aryl methyl sites for hydroxylation is 2. The molecule has 0 radical (unpaired) electrons. The molecule has 4 rings (SSSR count). The predicted octanol–water partition coefficient (Wildman–Crippen LogP) is 14.2. The van der Waals surface area contributed by atoms with Crippen LogP contribution in [-0.4, -0.2) is 46.5 Å². The molecule has 9 heteroatoms. The summed E-state index contributed by atoms with van der Waals surface area (Å²) in [6, 6.07) is 10.2. The minimum atomic E-state index is 0.408. The average Bonchev–Trinajstić information content (AvgIpc) is 3.96. The summed E-state index contributed by atoms with van der Waals surface area (Å²) in [5.74, 6) is 2.87. The number of benzene rings is 1. The van der Waals surface area contributed by atoms with Gasteiger partial charge < -0.3 is 20.1 Å². The summed E-state index contributed by atoms with van der Waals surface area (Å²) in [5.41, 5.74) is 15.0. The van der Waals surface area contributed by atoms with E-state index < -0.39 is 0 Å². The number of ether oxygens (including phenoxy) is 1. The van der Waals surface area contributed by atoms with Gasteiger partial charge in [-0.2, -0.15) is 11.8 Å². The number of hydrogen-bond donors (Lipinski definition) is 2. The van der Waals surface area contributed by atoms with Crippen LogP contribution in [0.2, 0.25) is 0 Å². The number of nitrogens with zero attached hydrogens (tertiary/aromatic N) is 3. The van der Waals surface area contributed by atoms with Crippen molar-refractivity contribution in [3.63, 3.8) is 0 Å². The molecule has 314 valence electrons. The Morgan fingerprint density at radius 1 is 1.00 bits per heavy atom. The largest absolute Gasteiger partial charge is 0.400 e. The first-order chi connectivity index (χ1) is 26.6. The Morgan fingerprint density at radius 2 is 1.60 bits per heavy atom. The van der Waals surface area contributed by atoms with Gasteiger partial charge in [-0.25, -0.2) is 4.98 Å². The minimum absolute atomic E-state index is 0.408. The second-order valence-electron chi connectivity index (χ2n) is 11.9. The molecule has 2 aromatic heterocycles. The number of nitrogens with two attached hydrogens (primary N) is 1. The molecule has 1 aliphatic rings. The van der Waals surface area contributed by atoms with Crippen molar-refractivity contribution in [2.75, 3.05) is 12.9 Å². The van der Waals surface area contributed by atoms with Gasteiger partial charge in [0.1, 0.15) is 0 Å². The second-order valence-corrected chi connectivity index (χ2v) is 14.1. The summed E-state index contributed by atoms with van der Waals surface area (Å²) in [6.07, 6.45) is 13.5. The molecule has 0 amide bonds. The quantitative estimate of drug-likeness (QED) is 0.139. The lowest BCUT2D eigenvalue weighted by atomic mass is 9.95. The van der Waals surface area contributed by atoms with Gasteiger partial charge in [-0.05, 0) is 72.8 Å². The lowest BCUT2D eigenvalue weighted by Crippen LogP contribution is -2.11. The number of aromatic nitrogens is 2. The van der Waals surface area contributed by atoms with Crippen LogP contribution in [0.15, 0.2) is 74.7 Å². The summed E-state index contributed by atoms with van der Waals surface area (Å²) in [4.78, 5) is 10.1. The van der Waals surface area contributed by atoms with E-state index in [2.05, 4.69) is 74.9 Å². The van der Waals surface area contributed by atoms with Gasteiger partial charge in [0.25, 0.3) is 0 Å². The fourth-order valence-electron chi connectivity index (χ4n) is 4.97. The Kier molecular flexibility index (Phi) is 37.5. The van der Waals surface area contributed by atoms with Crippen LogP contribution in [0.25, 0.3) is 16.9 Å². The first-order valence-electron chi connectivity index (χ1n) is 20.6. The van der Waals surface area contributed by atoms with Crippen molar-refractivity contribution in [3.8, 4) is 11.3 Å². The molecule has 7 nitrogen and oxygen atoms in total. The normalized spacial score (nSPS) is 15.3. The number of thiazole rings is 1. The Morgan fingerprint density at radius 3 is 2.07 bits per heavy atom. The van der Waals surface area contributed by atoms with E-state index in [1.54, 1.807) is 11.3 Å². The lowest BCUT2D eigenvalue weighted by molar-refractivity contribution is 0.0700. The topological polar surface area (TPSA) is 107 Å². The number of allylic oxidation sites excluding steroid dienone is 4. The first kappa shape index (κ1) is 56.4. The highest BCUT2D eigenvalue weighted by molar-refractivity contribution is 7.98. The molecule has 1 aliphatic heterocycles. The number of unbranched alkanes of at least 4 members (excludes halogenated alkanes) is 1. The van der Waals surface area contributed by atoms with Gasteiger partial charge in [0.2, 0.25) is 0 Å². The van der Waals surface area contributed by atoms with Gasteiger partial charge in [0.15, 0.2) is 5.76 Å². The number of rotatable bonds is 12. The van der Waals surface area contributed by atoms with E-state index in [9.17, 15) is 0 Å². The van der Waals surface area contributed by atoms with E-state index in [0.717, 1.165) is 87.3 Å². The van der Waals surface area contributed by atoms with E-state index in [1.807, 2.05) is 112 Å². The van der Waals surface area contributed by atoms with Gasteiger partial charge in [0, 0.05) is 64.7 Å². The SMILES string of the molecule is CC.CC.CC.CC=N/C(C)=C(C(\N)=C(/C)CC)/C(=C\CCC)c1cnc(C)s1.CCC.CO.Cc1noc(-c2ccccc2)c1CSCC1CCC(C)O1. The molecule has 1 aromatic carbocycles. The van der Waals surface area contributed by atoms with Crippen molar-refractivity contribution in [3.05, 3.63) is 86.3 Å². The summed E-state index contributed by atoms with van der Waals surface area (Å²) in [7, 11) is 1.00. The third-order valence-corrected chi connectivity index (χ3v) is 9.67. The number of hydrogen-bond acceptors (Lipinski definition) is 9. The molecule has 2 unspecified atom stereocenters. The van der Waals surface area contributed by atoms with Gasteiger partial charge in [0.05, 0.1) is 27.8 Å². The minimum Gasteiger partial charge on any atom is -0.400 e. The van der Waals surface area contributed by atoms with Crippen molar-refractivity contribution in [2.45, 2.75) is 167 Å². The van der Waals surface area contributed by atoms with Crippen molar-refractivity contribution in [1.82, 2.24) is 10.1 Å². The Bertz CT molecular complexity index is 1470. The molecule has 0 saturated carbocycles. The fraction of sp³-hybridized carbons (Fsp3) is 0.587. The van der Waals surface area contributed by atoms with Gasteiger partial charge in [-0.1, -0.05) is 124 Å². The maximum absolute atomic E-state index is 7.00. The highest BCUT2D eigenvalue weighted by Crippen LogP contribution is 2.35. The lowest BCUT2D eigenvalue weighted by Gasteiger charge is -2.16. The van der Waals surface area contributed by atoms with Crippen LogP contribution in [0, 0.1) is 13.8 Å². The number of thioether (sulfide) groups is 1. The Hall–Kier alpha value is -2.98. The second kappa shape index (κ2) is 36.6. The molecular formula is C46H80N4O3S2. The van der Waals surface area contributed by atoms with E-state index in [1.165, 1.54) is 30.4 Å². The van der Waals surface area contributed by atoms with Gasteiger partial charge in [-0.15, -0.1) is 11.3 Å². The van der Waals surface area contributed by atoms with Crippen molar-refractivity contribution >= 4 is 34.9 Å². The van der Waals surface area contributed by atoms with Gasteiger partial charge >= 0.3 is 0 Å². The standard InChI is InChI=1S/C19H29N3S.C17H21NO2S.C3H8.3C2H6.CH4O/c1-7-10-11-16(17-12-22-15(6)23-17)18(14(5)21-9-3)19(20)13(4)8-2;1-12-8-9-15(19-12)10-21-11-16-13(2)18-20-17(16)14-6-4-3-5-7-14;1-3-2;4*1-2/h9,11-12H,7-8,10,20H2,1-6H3;3-7,12,15H,8-11H2,1-2H3;3H2,1-2H3;3*1-2H3;2H,1H3/b16-11-,18-14-,19-13-,21-9?;;;;;;. The predicted molar refractivity (Wildman–Crippen MR) is 248 cm³/mol. The third-order valence-electron chi connectivity index (χ3n) is 7.63. The van der Waals surface area contributed by atoms with Crippen LogP contribution in [-0.2, 0) is 10.5 Å². The molecule has 1 saturated heterocycles. The van der Waals surface area contributed by atoms with Crippen LogP contribution in [0.4, 0.5) is 0 Å². The molecule has 3 N–H and O–H groups in total. The molecule has 0 spiro atoms. The van der Waals surface area contributed by atoms with E-state index >= 15 is 0 Å². The first-order valence-corrected chi connectivity index (χ1v) is 22.5. The van der Waals surface area contributed by atoms with E-state index in [-0.39, 0.29) is 0 Å². The van der Waals surface area contributed by atoms with Crippen molar-refractivity contribution in [1.29, 1.82) is 0 Å². The van der Waals surface area contributed by atoms with Crippen LogP contribution >= 0.6 is 23.1 Å². The fourth-order valence-corrected chi connectivity index (χ4v) is 6.97. The molecular weight excluding hydrogens is 721 g/mol. The highest BCUT2D eigenvalue weighted by atomic mass is 32.2. The molecule has 0 aliphatic carbocycles. The maximum Gasteiger partial charge on any atom is 0.171 e. The van der Waals surface area contributed by atoms with E-state index in [0.29, 0.717) is 12.2 Å². The third kappa shape index (κ3) is 21.8. The highest BCUT2D eigenvalue weighted by Gasteiger charge is 2.22. The van der Waals surface area contributed by atoms with Crippen LogP contribution < -0.4 is 5.73 Å². The maximum atomic E-state index is 7.00. The van der Waals surface area contributed by atoms with Crippen molar-refractivity contribution in [2.24, 2.45) is 10.7 Å². The molecule has 0 bridgehead atoms. The summed E-state index contributed by atoms with van der Waals surface area (Å²) < 4.78 is 11.4. The van der Waals surface area contributed by atoms with E-state index in [4.69, 9.17) is 20.1 Å². The van der Waals surface area contributed by atoms with Crippen LogP contribution in [0.1, 0.15) is 157 Å². The molecule has 3 aromatic rings. The molecule has 3 heterocycles. The zero-order chi connectivity index (χ0) is 42.8. The van der Waals surface area contributed by atoms with Crippen LogP contribution in [0.5, 0.6) is 0 Å². The monoisotopic (exact) mass is 801 g/mol. The summed E-state index contributed by atoms with van der Waals surface area (Å²) in [6.45, 7) is 32.8. The Labute approximate surface area is 346 Å². The number of aliphatic hydroxyl groups is 1. The average molecular weight is 801 g/mol.